The van der Waals surface area contributed by atoms with Gasteiger partial charge in [-0.15, -0.1) is 0 Å². The third-order valence-electron chi connectivity index (χ3n) is 7.16. The molecule has 7 nitrogen and oxygen atoms in total. The maximum Gasteiger partial charge on any atom is 0.247 e. The molecule has 0 aromatic heterocycles. The van der Waals surface area contributed by atoms with Crippen LogP contribution in [0.4, 0.5) is 21.5 Å². The van der Waals surface area contributed by atoms with Crippen LogP contribution < -0.4 is 26.1 Å². The Morgan fingerprint density at radius 1 is 1.02 bits per heavy atom. The summed E-state index contributed by atoms with van der Waals surface area (Å²) < 4.78 is 15.3. The van der Waals surface area contributed by atoms with E-state index >= 15 is 4.39 Å². The van der Waals surface area contributed by atoms with Crippen molar-refractivity contribution < 1.29 is 14.3 Å². The van der Waals surface area contributed by atoms with Gasteiger partial charge in [-0.2, -0.15) is 0 Å². The lowest BCUT2D eigenvalue weighted by molar-refractivity contribution is -0.111. The standard InChI is InChI=1S/C32H34FN5O2/c1-2-31(40)34-25-10-5-9-24(21-25)27-11-6-8-23-7-3-4-12-30(36-32(23)27)35-29-14-13-26(22-28(29)33)38-17-15-37(16-18-38)19-20-39/h2,5-14,21-22,35,39H,1,3-4,15-20H2,(H,34,40)/b23-7-,30-12-,36-32-. The summed E-state index contributed by atoms with van der Waals surface area (Å²) in [5, 5.41) is 17.0. The first-order valence-electron chi connectivity index (χ1n) is 13.6. The van der Waals surface area contributed by atoms with Gasteiger partial charge in [0.15, 0.2) is 0 Å². The van der Waals surface area contributed by atoms with Crippen molar-refractivity contribution in [2.24, 2.45) is 4.99 Å². The van der Waals surface area contributed by atoms with Crippen molar-refractivity contribution >= 4 is 29.0 Å². The number of carbonyl (C=O) groups is 1. The predicted octanol–water partition coefficient (Wildman–Crippen LogP) is 3.88. The molecule has 0 unspecified atom stereocenters. The molecule has 3 aromatic carbocycles. The van der Waals surface area contributed by atoms with Crippen molar-refractivity contribution in [3.63, 3.8) is 0 Å². The van der Waals surface area contributed by atoms with Crippen LogP contribution in [0.5, 0.6) is 0 Å². The van der Waals surface area contributed by atoms with Gasteiger partial charge in [-0.05, 0) is 66.1 Å². The number of carbonyl (C=O) groups excluding carboxylic acids is 1. The number of anilines is 3. The van der Waals surface area contributed by atoms with Crippen LogP contribution in [0.3, 0.4) is 0 Å². The minimum atomic E-state index is -0.334. The normalized spacial score (nSPS) is 18.4. The van der Waals surface area contributed by atoms with Crippen molar-refractivity contribution in [1.29, 1.82) is 0 Å². The molecule has 206 valence electrons. The maximum absolute atomic E-state index is 15.3. The number of hydrogen-bond donors (Lipinski definition) is 3. The number of aliphatic hydroxyl groups excluding tert-OH is 1. The van der Waals surface area contributed by atoms with Gasteiger partial charge >= 0.3 is 0 Å². The summed E-state index contributed by atoms with van der Waals surface area (Å²) in [6.45, 7) is 7.61. The molecule has 1 saturated heterocycles. The Morgan fingerprint density at radius 3 is 2.60 bits per heavy atom. The van der Waals surface area contributed by atoms with Gasteiger partial charge in [0.1, 0.15) is 11.6 Å². The molecule has 2 heterocycles. The third-order valence-corrected chi connectivity index (χ3v) is 7.16. The van der Waals surface area contributed by atoms with E-state index in [2.05, 4.69) is 33.1 Å². The van der Waals surface area contributed by atoms with Gasteiger partial charge in [0, 0.05) is 49.7 Å². The van der Waals surface area contributed by atoms with E-state index in [0.717, 1.165) is 66.4 Å². The lowest BCUT2D eigenvalue weighted by Gasteiger charge is -2.35. The van der Waals surface area contributed by atoms with Crippen LogP contribution in [-0.2, 0) is 4.79 Å². The zero-order valence-corrected chi connectivity index (χ0v) is 22.4. The molecule has 8 heteroatoms. The van der Waals surface area contributed by atoms with Crippen LogP contribution in [0.1, 0.15) is 12.8 Å². The van der Waals surface area contributed by atoms with E-state index in [-0.39, 0.29) is 18.3 Å². The summed E-state index contributed by atoms with van der Waals surface area (Å²) in [5.41, 5.74) is 3.71. The third kappa shape index (κ3) is 6.47. The Kier molecular flexibility index (Phi) is 8.68. The summed E-state index contributed by atoms with van der Waals surface area (Å²) in [4.78, 5) is 21.2. The van der Waals surface area contributed by atoms with Gasteiger partial charge in [0.05, 0.1) is 17.7 Å². The van der Waals surface area contributed by atoms with Crippen LogP contribution in [0, 0.1) is 5.82 Å². The van der Waals surface area contributed by atoms with Gasteiger partial charge in [-0.1, -0.05) is 43.0 Å². The number of allylic oxidation sites excluding steroid dienone is 1. The van der Waals surface area contributed by atoms with Crippen LogP contribution in [0.2, 0.25) is 0 Å². The maximum atomic E-state index is 15.3. The fourth-order valence-electron chi connectivity index (χ4n) is 5.06. The Hall–Kier alpha value is -4.27. The first-order valence-corrected chi connectivity index (χ1v) is 13.6. The van der Waals surface area contributed by atoms with Crippen molar-refractivity contribution in [1.82, 2.24) is 4.90 Å². The number of para-hydroxylation sites is 1. The molecule has 0 saturated carbocycles. The summed E-state index contributed by atoms with van der Waals surface area (Å²) in [6.07, 6.45) is 6.99. The van der Waals surface area contributed by atoms with E-state index in [9.17, 15) is 4.79 Å². The zero-order chi connectivity index (χ0) is 27.9. The quantitative estimate of drug-likeness (QED) is 0.379. The molecule has 3 N–H and O–H groups in total. The lowest BCUT2D eigenvalue weighted by atomic mass is 10.0. The Morgan fingerprint density at radius 2 is 1.82 bits per heavy atom. The number of aliphatic hydroxyl groups is 1. The first kappa shape index (κ1) is 27.3. The van der Waals surface area contributed by atoms with E-state index < -0.39 is 0 Å². The van der Waals surface area contributed by atoms with Crippen molar-refractivity contribution in [2.45, 2.75) is 12.8 Å². The van der Waals surface area contributed by atoms with E-state index in [0.29, 0.717) is 23.7 Å². The largest absolute Gasteiger partial charge is 0.395 e. The predicted molar refractivity (Wildman–Crippen MR) is 159 cm³/mol. The van der Waals surface area contributed by atoms with E-state index in [1.165, 1.54) is 6.08 Å². The molecule has 3 aromatic rings. The molecule has 0 atom stereocenters. The highest BCUT2D eigenvalue weighted by Gasteiger charge is 2.18. The molecule has 0 aliphatic carbocycles. The smallest absolute Gasteiger partial charge is 0.247 e. The minimum absolute atomic E-state index is 0.153. The van der Waals surface area contributed by atoms with Gasteiger partial charge in [0.2, 0.25) is 5.91 Å². The van der Waals surface area contributed by atoms with Crippen molar-refractivity contribution in [2.75, 3.05) is 54.9 Å². The highest BCUT2D eigenvalue weighted by Crippen LogP contribution is 2.25. The highest BCUT2D eigenvalue weighted by molar-refractivity contribution is 5.99. The number of benzene rings is 3. The number of piperazine rings is 1. The number of rotatable bonds is 8. The topological polar surface area (TPSA) is 80.2 Å². The molecular weight excluding hydrogens is 505 g/mol. The number of nitrogens with one attached hydrogen (secondary N) is 2. The summed E-state index contributed by atoms with van der Waals surface area (Å²) >= 11 is 0. The van der Waals surface area contributed by atoms with Crippen LogP contribution >= 0.6 is 0 Å². The molecule has 0 spiro atoms. The number of fused-ring (bicyclic) bond motifs is 1. The number of hydrogen-bond acceptors (Lipinski definition) is 6. The summed E-state index contributed by atoms with van der Waals surface area (Å²) in [6, 6.07) is 18.9. The monoisotopic (exact) mass is 539 g/mol. The second-order valence-electron chi connectivity index (χ2n) is 9.84. The summed E-state index contributed by atoms with van der Waals surface area (Å²) in [5.74, 6) is -0.0219. The minimum Gasteiger partial charge on any atom is -0.395 e. The van der Waals surface area contributed by atoms with Crippen molar-refractivity contribution in [3.05, 3.63) is 102 Å². The Labute approximate surface area is 233 Å². The lowest BCUT2D eigenvalue weighted by Crippen LogP contribution is -2.47. The SMILES string of the molecule is C=CC(=O)Nc1cccc(-c2cccc3/c2=N/C(Nc2ccc(N4CCN(CCO)CC4)cc2F)=C\CC\C=3)c1. The number of nitrogens with zero attached hydrogens (tertiary/aromatic N) is 3. The van der Waals surface area contributed by atoms with Crippen LogP contribution in [0.25, 0.3) is 17.2 Å². The summed E-state index contributed by atoms with van der Waals surface area (Å²) in [7, 11) is 0. The average molecular weight is 540 g/mol. The molecule has 40 heavy (non-hydrogen) atoms. The van der Waals surface area contributed by atoms with Gasteiger partial charge < -0.3 is 20.6 Å². The molecule has 2 aliphatic heterocycles. The van der Waals surface area contributed by atoms with E-state index in [4.69, 9.17) is 10.1 Å². The highest BCUT2D eigenvalue weighted by atomic mass is 19.1. The second kappa shape index (κ2) is 12.7. The zero-order valence-electron chi connectivity index (χ0n) is 22.4. The van der Waals surface area contributed by atoms with Crippen LogP contribution in [-0.4, -0.2) is 55.2 Å². The number of β-amino-alcohol motifs (C(OH)–C–C–N with tert-alkyl or cyclic N) is 1. The fraction of sp³-hybridized carbons (Fsp3) is 0.250. The van der Waals surface area contributed by atoms with Crippen molar-refractivity contribution in [3.8, 4) is 11.1 Å². The van der Waals surface area contributed by atoms with Crippen LogP contribution in [0.15, 0.2) is 90.2 Å². The molecule has 1 amide bonds. The van der Waals surface area contributed by atoms with E-state index in [1.54, 1.807) is 12.1 Å². The molecule has 0 radical (unpaired) electrons. The second-order valence-corrected chi connectivity index (χ2v) is 9.84. The fourth-order valence-corrected chi connectivity index (χ4v) is 5.06. The Bertz CT molecular complexity index is 1540. The number of amides is 1. The molecule has 1 fully saturated rings. The van der Waals surface area contributed by atoms with Gasteiger partial charge in [-0.3, -0.25) is 9.69 Å². The number of halogens is 1. The Balaban J connectivity index is 1.42. The van der Waals surface area contributed by atoms with E-state index in [1.807, 2.05) is 54.6 Å². The average Bonchev–Trinajstić information content (AvgIpc) is 2.96. The first-order chi connectivity index (χ1) is 19.5. The van der Waals surface area contributed by atoms with Gasteiger partial charge in [0.25, 0.3) is 0 Å². The molecular formula is C32H34FN5O2. The molecule has 2 aliphatic rings. The molecule has 5 rings (SSSR count). The molecule has 0 bridgehead atoms. The van der Waals surface area contributed by atoms with Gasteiger partial charge in [-0.25, -0.2) is 9.38 Å².